The molecule has 0 fully saturated rings. The van der Waals surface area contributed by atoms with Crippen molar-refractivity contribution in [3.05, 3.63) is 78.2 Å². The number of amides is 2. The molecule has 176 valence electrons. The van der Waals surface area contributed by atoms with Crippen LogP contribution in [0.4, 0.5) is 11.5 Å². The number of benzene rings is 1. The van der Waals surface area contributed by atoms with Crippen LogP contribution in [0.3, 0.4) is 0 Å². The van der Waals surface area contributed by atoms with Crippen molar-refractivity contribution in [1.82, 2.24) is 20.2 Å². The number of para-hydroxylation sites is 2. The predicted molar refractivity (Wildman–Crippen MR) is 130 cm³/mol. The Bertz CT molecular complexity index is 1110. The van der Waals surface area contributed by atoms with Crippen LogP contribution in [0.2, 0.25) is 0 Å². The minimum absolute atomic E-state index is 0.0207. The lowest BCUT2D eigenvalue weighted by atomic mass is 10.1. The van der Waals surface area contributed by atoms with Gasteiger partial charge in [0.2, 0.25) is 5.91 Å². The van der Waals surface area contributed by atoms with Gasteiger partial charge in [-0.15, -0.1) is 0 Å². The van der Waals surface area contributed by atoms with E-state index < -0.39 is 0 Å². The molecular weight excluding hydrogens is 430 g/mol. The third-order valence-corrected chi connectivity index (χ3v) is 5.59. The van der Waals surface area contributed by atoms with Gasteiger partial charge in [0.25, 0.3) is 5.91 Å². The van der Waals surface area contributed by atoms with E-state index in [1.807, 2.05) is 36.4 Å². The summed E-state index contributed by atoms with van der Waals surface area (Å²) in [4.78, 5) is 36.3. The number of hydrogen-bond donors (Lipinski definition) is 2. The molecule has 0 aliphatic carbocycles. The number of anilines is 2. The molecule has 0 unspecified atom stereocenters. The van der Waals surface area contributed by atoms with Crippen LogP contribution in [0, 0.1) is 0 Å². The Morgan fingerprint density at radius 3 is 2.76 bits per heavy atom. The van der Waals surface area contributed by atoms with Crippen molar-refractivity contribution >= 4 is 23.3 Å². The molecule has 0 spiro atoms. The van der Waals surface area contributed by atoms with E-state index in [4.69, 9.17) is 4.74 Å². The summed E-state index contributed by atoms with van der Waals surface area (Å²) >= 11 is 0. The number of rotatable bonds is 4. The van der Waals surface area contributed by atoms with E-state index in [2.05, 4.69) is 20.6 Å². The summed E-state index contributed by atoms with van der Waals surface area (Å²) in [5.74, 6) is 0.703. The van der Waals surface area contributed by atoms with Crippen molar-refractivity contribution < 1.29 is 14.3 Å². The Kier molecular flexibility index (Phi) is 8.05. The van der Waals surface area contributed by atoms with Crippen LogP contribution in [0.1, 0.15) is 41.6 Å². The summed E-state index contributed by atoms with van der Waals surface area (Å²) < 4.78 is 5.97. The van der Waals surface area contributed by atoms with E-state index in [1.54, 1.807) is 35.6 Å². The first-order valence-corrected chi connectivity index (χ1v) is 11.6. The molecule has 8 nitrogen and oxygen atoms in total. The van der Waals surface area contributed by atoms with Crippen molar-refractivity contribution in [3.63, 3.8) is 0 Å². The smallest absolute Gasteiger partial charge is 0.258 e. The van der Waals surface area contributed by atoms with Gasteiger partial charge in [-0.25, -0.2) is 4.98 Å². The average Bonchev–Trinajstić information content (AvgIpc) is 2.87. The second-order valence-corrected chi connectivity index (χ2v) is 8.15. The van der Waals surface area contributed by atoms with Gasteiger partial charge in [0.1, 0.15) is 11.6 Å². The van der Waals surface area contributed by atoms with Gasteiger partial charge in [-0.3, -0.25) is 14.6 Å². The van der Waals surface area contributed by atoms with Crippen LogP contribution in [-0.4, -0.2) is 46.4 Å². The van der Waals surface area contributed by atoms with E-state index in [1.165, 1.54) is 0 Å². The number of ether oxygens (including phenoxy) is 1. The normalized spacial score (nSPS) is 14.6. The number of nitrogens with zero attached hydrogens (tertiary/aromatic N) is 3. The molecule has 0 saturated carbocycles. The minimum atomic E-state index is -0.234. The van der Waals surface area contributed by atoms with Gasteiger partial charge in [0, 0.05) is 31.7 Å². The highest BCUT2D eigenvalue weighted by molar-refractivity contribution is 6.01. The maximum Gasteiger partial charge on any atom is 0.258 e. The highest BCUT2D eigenvalue weighted by atomic mass is 16.5. The van der Waals surface area contributed by atoms with Crippen LogP contribution in [0.25, 0.3) is 0 Å². The standard InChI is InChI=1S/C26H29N5O3/c32-24(29-18-20-9-7-13-27-17-20)19-31-15-5-1-2-6-16-34-23-12-4-3-11-22(23)30-25-21(26(31)33)10-8-14-28-25/h3-4,7-14,17H,1-2,5-6,15-16,18-19H2,(H,28,30)(H,29,32). The fourth-order valence-electron chi connectivity index (χ4n) is 3.80. The molecule has 3 heterocycles. The van der Waals surface area contributed by atoms with E-state index in [9.17, 15) is 9.59 Å². The molecule has 1 aliphatic heterocycles. The number of aromatic nitrogens is 2. The first-order chi connectivity index (χ1) is 16.7. The average molecular weight is 460 g/mol. The number of pyridine rings is 2. The highest BCUT2D eigenvalue weighted by Crippen LogP contribution is 2.29. The summed E-state index contributed by atoms with van der Waals surface area (Å²) in [6.45, 7) is 1.45. The quantitative estimate of drug-likeness (QED) is 0.614. The summed E-state index contributed by atoms with van der Waals surface area (Å²) in [7, 11) is 0. The van der Waals surface area contributed by atoms with E-state index in [-0.39, 0.29) is 18.4 Å². The zero-order valence-corrected chi connectivity index (χ0v) is 19.1. The van der Waals surface area contributed by atoms with Gasteiger partial charge in [0.05, 0.1) is 24.4 Å². The van der Waals surface area contributed by atoms with Crippen LogP contribution in [-0.2, 0) is 11.3 Å². The van der Waals surface area contributed by atoms with E-state index >= 15 is 0 Å². The maximum atomic E-state index is 13.6. The lowest BCUT2D eigenvalue weighted by Gasteiger charge is -2.24. The molecule has 2 amide bonds. The van der Waals surface area contributed by atoms with Crippen LogP contribution >= 0.6 is 0 Å². The van der Waals surface area contributed by atoms with Gasteiger partial charge >= 0.3 is 0 Å². The zero-order valence-electron chi connectivity index (χ0n) is 19.1. The van der Waals surface area contributed by atoms with Gasteiger partial charge in [-0.05, 0) is 48.7 Å². The molecule has 8 heteroatoms. The molecule has 3 aromatic rings. The maximum absolute atomic E-state index is 13.6. The summed E-state index contributed by atoms with van der Waals surface area (Å²) in [5.41, 5.74) is 2.06. The molecule has 0 bridgehead atoms. The number of nitrogens with one attached hydrogen (secondary N) is 2. The molecule has 0 atom stereocenters. The zero-order chi connectivity index (χ0) is 23.6. The monoisotopic (exact) mass is 459 g/mol. The molecule has 34 heavy (non-hydrogen) atoms. The van der Waals surface area contributed by atoms with Gasteiger partial charge in [-0.1, -0.05) is 31.0 Å². The Hall–Kier alpha value is -3.94. The first kappa shape index (κ1) is 23.2. The van der Waals surface area contributed by atoms with Crippen molar-refractivity contribution in [3.8, 4) is 5.75 Å². The molecule has 2 N–H and O–H groups in total. The predicted octanol–water partition coefficient (Wildman–Crippen LogP) is 3.93. The van der Waals surface area contributed by atoms with Crippen LogP contribution in [0.15, 0.2) is 67.1 Å². The molecule has 0 radical (unpaired) electrons. The summed E-state index contributed by atoms with van der Waals surface area (Å²) in [6, 6.07) is 14.8. The Labute approximate surface area is 199 Å². The Morgan fingerprint density at radius 2 is 1.88 bits per heavy atom. The van der Waals surface area contributed by atoms with Crippen molar-refractivity contribution in [2.24, 2.45) is 0 Å². The number of carbonyl (C=O) groups is 2. The number of carbonyl (C=O) groups excluding carboxylic acids is 2. The van der Waals surface area contributed by atoms with Crippen molar-refractivity contribution in [1.29, 1.82) is 0 Å². The van der Waals surface area contributed by atoms with E-state index in [0.717, 1.165) is 42.7 Å². The van der Waals surface area contributed by atoms with Gasteiger partial charge in [0.15, 0.2) is 0 Å². The largest absolute Gasteiger partial charge is 0.491 e. The third-order valence-electron chi connectivity index (χ3n) is 5.59. The molecule has 1 aromatic carbocycles. The molecule has 2 aromatic heterocycles. The molecular formula is C26H29N5O3. The van der Waals surface area contributed by atoms with Crippen LogP contribution in [0.5, 0.6) is 5.75 Å². The second kappa shape index (κ2) is 11.8. The Balaban J connectivity index is 1.54. The SMILES string of the molecule is O=C(CN1CCCCCCOc2ccccc2Nc2ncccc2C1=O)NCc1cccnc1. The Morgan fingerprint density at radius 1 is 1.03 bits per heavy atom. The number of fused-ring (bicyclic) bond motifs is 2. The van der Waals surface area contributed by atoms with Crippen LogP contribution < -0.4 is 15.4 Å². The van der Waals surface area contributed by atoms with E-state index in [0.29, 0.717) is 31.1 Å². The van der Waals surface area contributed by atoms with Crippen molar-refractivity contribution in [2.45, 2.75) is 32.2 Å². The summed E-state index contributed by atoms with van der Waals surface area (Å²) in [5, 5.41) is 6.14. The van der Waals surface area contributed by atoms with Crippen molar-refractivity contribution in [2.75, 3.05) is 25.0 Å². The second-order valence-electron chi connectivity index (χ2n) is 8.15. The molecule has 1 aliphatic rings. The third kappa shape index (κ3) is 6.31. The topological polar surface area (TPSA) is 96.5 Å². The fraction of sp³-hybridized carbons (Fsp3) is 0.308. The fourth-order valence-corrected chi connectivity index (χ4v) is 3.80. The summed E-state index contributed by atoms with van der Waals surface area (Å²) in [6.07, 6.45) is 8.70. The minimum Gasteiger partial charge on any atom is -0.491 e. The number of hydrogen-bond acceptors (Lipinski definition) is 6. The van der Waals surface area contributed by atoms with Gasteiger partial charge < -0.3 is 20.3 Å². The first-order valence-electron chi connectivity index (χ1n) is 11.6. The van der Waals surface area contributed by atoms with Gasteiger partial charge in [-0.2, -0.15) is 0 Å². The lowest BCUT2D eigenvalue weighted by Crippen LogP contribution is -2.41. The highest BCUT2D eigenvalue weighted by Gasteiger charge is 2.22. The molecule has 0 saturated heterocycles. The lowest BCUT2D eigenvalue weighted by molar-refractivity contribution is -0.122. The molecule has 4 rings (SSSR count).